The van der Waals surface area contributed by atoms with Crippen LogP contribution < -0.4 is 4.90 Å². The molecule has 0 aromatic heterocycles. The van der Waals surface area contributed by atoms with E-state index in [1.54, 1.807) is 0 Å². The molecule has 1 fully saturated rings. The Morgan fingerprint density at radius 2 is 2.14 bits per heavy atom. The lowest BCUT2D eigenvalue weighted by molar-refractivity contribution is 0.910. The second kappa shape index (κ2) is 3.93. The molecule has 2 rings (SSSR count). The lowest BCUT2D eigenvalue weighted by Gasteiger charge is -2.21. The fourth-order valence-electron chi connectivity index (χ4n) is 1.82. The smallest absolute Gasteiger partial charge is 0.0407 e. The number of rotatable bonds is 3. The Bertz CT molecular complexity index is 331. The van der Waals surface area contributed by atoms with E-state index in [-0.39, 0.29) is 0 Å². The van der Waals surface area contributed by atoms with Crippen molar-refractivity contribution >= 4 is 21.6 Å². The van der Waals surface area contributed by atoms with Crippen LogP contribution in [0.3, 0.4) is 0 Å². The van der Waals surface area contributed by atoms with Gasteiger partial charge in [0.05, 0.1) is 0 Å². The molecule has 0 amide bonds. The molecule has 0 saturated heterocycles. The Morgan fingerprint density at radius 1 is 1.43 bits per heavy atom. The molecule has 0 unspecified atom stereocenters. The van der Waals surface area contributed by atoms with Gasteiger partial charge in [0, 0.05) is 24.1 Å². The van der Waals surface area contributed by atoms with Crippen molar-refractivity contribution in [1.29, 1.82) is 0 Å². The zero-order chi connectivity index (χ0) is 10.1. The molecule has 0 atom stereocenters. The van der Waals surface area contributed by atoms with E-state index in [9.17, 15) is 0 Å². The number of benzene rings is 1. The zero-order valence-corrected chi connectivity index (χ0v) is 10.3. The van der Waals surface area contributed by atoms with Crippen LogP contribution in [0, 0.1) is 6.92 Å². The van der Waals surface area contributed by atoms with E-state index in [1.165, 1.54) is 29.7 Å². The molecule has 1 aliphatic rings. The van der Waals surface area contributed by atoms with Crippen LogP contribution in [0.25, 0.3) is 0 Å². The summed E-state index contributed by atoms with van der Waals surface area (Å²) in [5.74, 6) is 0. The van der Waals surface area contributed by atoms with Gasteiger partial charge in [-0.1, -0.05) is 33.6 Å². The van der Waals surface area contributed by atoms with Crippen molar-refractivity contribution in [1.82, 2.24) is 0 Å². The van der Waals surface area contributed by atoms with Crippen molar-refractivity contribution in [2.24, 2.45) is 0 Å². The summed E-state index contributed by atoms with van der Waals surface area (Å²) in [6.45, 7) is 2.15. The highest BCUT2D eigenvalue weighted by Gasteiger charge is 2.27. The molecule has 1 aliphatic carbocycles. The number of alkyl halides is 1. The Morgan fingerprint density at radius 3 is 2.71 bits per heavy atom. The van der Waals surface area contributed by atoms with Crippen LogP contribution in [0.15, 0.2) is 18.2 Å². The number of aryl methyl sites for hydroxylation is 1. The molecule has 1 aromatic rings. The fourth-order valence-corrected chi connectivity index (χ4v) is 2.27. The normalized spacial score (nSPS) is 15.6. The number of anilines is 1. The summed E-state index contributed by atoms with van der Waals surface area (Å²) in [5, 5.41) is 0.946. The molecule has 0 heterocycles. The quantitative estimate of drug-likeness (QED) is 0.746. The molecule has 2 heteroatoms. The molecule has 0 N–H and O–H groups in total. The first-order valence-corrected chi connectivity index (χ1v) is 6.23. The van der Waals surface area contributed by atoms with Crippen molar-refractivity contribution in [3.63, 3.8) is 0 Å². The highest BCUT2D eigenvalue weighted by atomic mass is 79.9. The van der Waals surface area contributed by atoms with Crippen LogP contribution in [0.4, 0.5) is 5.69 Å². The maximum absolute atomic E-state index is 3.55. The van der Waals surface area contributed by atoms with Crippen LogP contribution in [0.2, 0.25) is 0 Å². The highest BCUT2D eigenvalue weighted by molar-refractivity contribution is 9.08. The van der Waals surface area contributed by atoms with Crippen LogP contribution in [0.5, 0.6) is 0 Å². The Balaban J connectivity index is 2.30. The zero-order valence-electron chi connectivity index (χ0n) is 8.76. The lowest BCUT2D eigenvalue weighted by Crippen LogP contribution is -2.20. The van der Waals surface area contributed by atoms with E-state index >= 15 is 0 Å². The minimum absolute atomic E-state index is 0.788. The molecule has 0 bridgehead atoms. The summed E-state index contributed by atoms with van der Waals surface area (Å²) in [5.41, 5.74) is 4.13. The molecule has 1 nitrogen and oxygen atoms in total. The molecule has 0 radical (unpaired) electrons. The average molecular weight is 254 g/mol. The summed E-state index contributed by atoms with van der Waals surface area (Å²) in [4.78, 5) is 2.41. The van der Waals surface area contributed by atoms with Gasteiger partial charge in [-0.05, 0) is 31.4 Å². The predicted molar refractivity (Wildman–Crippen MR) is 65.2 cm³/mol. The Kier molecular flexibility index (Phi) is 2.82. The van der Waals surface area contributed by atoms with Crippen molar-refractivity contribution in [3.8, 4) is 0 Å². The van der Waals surface area contributed by atoms with E-state index in [4.69, 9.17) is 0 Å². The van der Waals surface area contributed by atoms with Gasteiger partial charge in [-0.15, -0.1) is 0 Å². The van der Waals surface area contributed by atoms with Crippen molar-refractivity contribution in [2.75, 3.05) is 11.9 Å². The highest BCUT2D eigenvalue weighted by Crippen LogP contribution is 2.33. The molecule has 0 spiro atoms. The minimum Gasteiger partial charge on any atom is -0.371 e. The minimum atomic E-state index is 0.788. The van der Waals surface area contributed by atoms with Gasteiger partial charge >= 0.3 is 0 Å². The third-order valence-electron chi connectivity index (χ3n) is 2.85. The second-order valence-electron chi connectivity index (χ2n) is 4.11. The maximum atomic E-state index is 3.55. The third kappa shape index (κ3) is 1.95. The number of hydrogen-bond acceptors (Lipinski definition) is 1. The van der Waals surface area contributed by atoms with Crippen LogP contribution in [0.1, 0.15) is 24.0 Å². The largest absolute Gasteiger partial charge is 0.371 e. The van der Waals surface area contributed by atoms with E-state index in [1.807, 2.05) is 0 Å². The summed E-state index contributed by atoms with van der Waals surface area (Å²) in [6, 6.07) is 7.49. The van der Waals surface area contributed by atoms with E-state index < -0.39 is 0 Å². The van der Waals surface area contributed by atoms with Gasteiger partial charge in [0.1, 0.15) is 0 Å². The van der Waals surface area contributed by atoms with Gasteiger partial charge in [-0.2, -0.15) is 0 Å². The van der Waals surface area contributed by atoms with E-state index in [0.717, 1.165) is 11.4 Å². The van der Waals surface area contributed by atoms with E-state index in [0.29, 0.717) is 0 Å². The van der Waals surface area contributed by atoms with Crippen LogP contribution in [-0.2, 0) is 5.33 Å². The van der Waals surface area contributed by atoms with Crippen LogP contribution >= 0.6 is 15.9 Å². The molecule has 1 aromatic carbocycles. The van der Waals surface area contributed by atoms with Crippen molar-refractivity contribution in [3.05, 3.63) is 29.3 Å². The van der Waals surface area contributed by atoms with Gasteiger partial charge in [0.15, 0.2) is 0 Å². The second-order valence-corrected chi connectivity index (χ2v) is 4.67. The third-order valence-corrected chi connectivity index (χ3v) is 3.46. The first-order chi connectivity index (χ1) is 6.72. The molecule has 76 valence electrons. The van der Waals surface area contributed by atoms with Gasteiger partial charge in [-0.3, -0.25) is 0 Å². The van der Waals surface area contributed by atoms with Gasteiger partial charge < -0.3 is 4.90 Å². The Hall–Kier alpha value is -0.500. The molecular formula is C12H16BrN. The summed E-state index contributed by atoms with van der Waals surface area (Å²) in [6.07, 6.45) is 2.71. The van der Waals surface area contributed by atoms with Crippen molar-refractivity contribution in [2.45, 2.75) is 31.1 Å². The van der Waals surface area contributed by atoms with Gasteiger partial charge in [-0.25, -0.2) is 0 Å². The van der Waals surface area contributed by atoms with E-state index in [2.05, 4.69) is 53.0 Å². The van der Waals surface area contributed by atoms with Crippen molar-refractivity contribution < 1.29 is 0 Å². The molecular weight excluding hydrogens is 238 g/mol. The predicted octanol–water partition coefficient (Wildman–Crippen LogP) is 3.49. The van der Waals surface area contributed by atoms with Gasteiger partial charge in [0.2, 0.25) is 0 Å². The molecule has 1 saturated carbocycles. The first kappa shape index (κ1) is 10.0. The maximum Gasteiger partial charge on any atom is 0.0407 e. The molecule has 0 aliphatic heterocycles. The average Bonchev–Trinajstić information content (AvgIpc) is 3.00. The fraction of sp³-hybridized carbons (Fsp3) is 0.500. The SMILES string of the molecule is Cc1ccc(N(C)C2CC2)c(CBr)c1. The lowest BCUT2D eigenvalue weighted by atomic mass is 10.1. The first-order valence-electron chi connectivity index (χ1n) is 5.10. The van der Waals surface area contributed by atoms with Gasteiger partial charge in [0.25, 0.3) is 0 Å². The molecule has 14 heavy (non-hydrogen) atoms. The summed E-state index contributed by atoms with van der Waals surface area (Å²) < 4.78 is 0. The monoisotopic (exact) mass is 253 g/mol. The number of hydrogen-bond donors (Lipinski definition) is 0. The van der Waals surface area contributed by atoms with Crippen LogP contribution in [-0.4, -0.2) is 13.1 Å². The number of halogens is 1. The Labute approximate surface area is 94.2 Å². The number of nitrogens with zero attached hydrogens (tertiary/aromatic N) is 1. The topological polar surface area (TPSA) is 3.24 Å². The summed E-state index contributed by atoms with van der Waals surface area (Å²) >= 11 is 3.55. The summed E-state index contributed by atoms with van der Waals surface area (Å²) in [7, 11) is 2.20. The standard InChI is InChI=1S/C12H16BrN/c1-9-3-6-12(10(7-9)8-13)14(2)11-4-5-11/h3,6-7,11H,4-5,8H2,1-2H3.